The highest BCUT2D eigenvalue weighted by Crippen LogP contribution is 2.45. The van der Waals surface area contributed by atoms with Crippen LogP contribution in [-0.2, 0) is 4.79 Å². The van der Waals surface area contributed by atoms with Gasteiger partial charge in [0, 0.05) is 14.0 Å². The SMILES string of the molecule is CC1(C(=O)Nc2cc(Cl)ccc2I)CC1. The lowest BCUT2D eigenvalue weighted by molar-refractivity contribution is -0.120. The molecule has 1 fully saturated rings. The molecule has 0 bridgehead atoms. The van der Waals surface area contributed by atoms with Gasteiger partial charge in [0.15, 0.2) is 0 Å². The van der Waals surface area contributed by atoms with Gasteiger partial charge in [0.2, 0.25) is 5.91 Å². The van der Waals surface area contributed by atoms with Crippen LogP contribution in [0.15, 0.2) is 18.2 Å². The number of amides is 1. The van der Waals surface area contributed by atoms with Crippen molar-refractivity contribution in [1.82, 2.24) is 0 Å². The molecule has 0 aromatic heterocycles. The van der Waals surface area contributed by atoms with E-state index in [1.807, 2.05) is 19.1 Å². The molecule has 0 saturated heterocycles. The zero-order chi connectivity index (χ0) is 11.1. The zero-order valence-corrected chi connectivity index (χ0v) is 11.2. The van der Waals surface area contributed by atoms with Crippen molar-refractivity contribution in [3.05, 3.63) is 26.8 Å². The van der Waals surface area contributed by atoms with Gasteiger partial charge in [-0.2, -0.15) is 0 Å². The number of carbonyl (C=O) groups is 1. The molecule has 0 atom stereocenters. The molecule has 1 saturated carbocycles. The lowest BCUT2D eigenvalue weighted by Gasteiger charge is -2.11. The van der Waals surface area contributed by atoms with Crippen molar-refractivity contribution in [2.24, 2.45) is 5.41 Å². The molecule has 0 aliphatic heterocycles. The van der Waals surface area contributed by atoms with Crippen molar-refractivity contribution in [3.63, 3.8) is 0 Å². The van der Waals surface area contributed by atoms with Crippen LogP contribution >= 0.6 is 34.2 Å². The molecule has 1 N–H and O–H groups in total. The van der Waals surface area contributed by atoms with Gasteiger partial charge >= 0.3 is 0 Å². The zero-order valence-electron chi connectivity index (χ0n) is 8.31. The van der Waals surface area contributed by atoms with E-state index in [-0.39, 0.29) is 11.3 Å². The van der Waals surface area contributed by atoms with E-state index in [4.69, 9.17) is 11.6 Å². The van der Waals surface area contributed by atoms with E-state index >= 15 is 0 Å². The molecule has 15 heavy (non-hydrogen) atoms. The fourth-order valence-corrected chi connectivity index (χ4v) is 1.92. The lowest BCUT2D eigenvalue weighted by Crippen LogP contribution is -2.21. The molecule has 1 aromatic carbocycles. The number of rotatable bonds is 2. The monoisotopic (exact) mass is 335 g/mol. The van der Waals surface area contributed by atoms with E-state index < -0.39 is 0 Å². The Morgan fingerprint density at radius 3 is 2.80 bits per heavy atom. The number of benzene rings is 1. The molecule has 1 amide bonds. The summed E-state index contributed by atoms with van der Waals surface area (Å²) in [6.45, 7) is 1.99. The van der Waals surface area contributed by atoms with Crippen LogP contribution in [0.3, 0.4) is 0 Å². The van der Waals surface area contributed by atoms with Gasteiger partial charge in [0.1, 0.15) is 0 Å². The highest BCUT2D eigenvalue weighted by molar-refractivity contribution is 14.1. The van der Waals surface area contributed by atoms with Gasteiger partial charge in [-0.25, -0.2) is 0 Å². The quantitative estimate of drug-likeness (QED) is 0.821. The first-order chi connectivity index (χ1) is 7.01. The molecular weight excluding hydrogens is 324 g/mol. The second kappa shape index (κ2) is 3.94. The Morgan fingerprint density at radius 1 is 1.53 bits per heavy atom. The Kier molecular flexibility index (Phi) is 2.94. The average molecular weight is 336 g/mol. The maximum Gasteiger partial charge on any atom is 0.230 e. The normalized spacial score (nSPS) is 17.3. The summed E-state index contributed by atoms with van der Waals surface area (Å²) in [6, 6.07) is 5.50. The Balaban J connectivity index is 2.16. The summed E-state index contributed by atoms with van der Waals surface area (Å²) in [4.78, 5) is 11.8. The summed E-state index contributed by atoms with van der Waals surface area (Å²) in [5, 5.41) is 3.57. The van der Waals surface area contributed by atoms with E-state index in [1.54, 1.807) is 6.07 Å². The summed E-state index contributed by atoms with van der Waals surface area (Å²) >= 11 is 8.06. The lowest BCUT2D eigenvalue weighted by atomic mass is 10.1. The van der Waals surface area contributed by atoms with Crippen LogP contribution in [0, 0.1) is 8.99 Å². The summed E-state index contributed by atoms with van der Waals surface area (Å²) < 4.78 is 1.01. The van der Waals surface area contributed by atoms with E-state index in [1.165, 1.54) is 0 Å². The van der Waals surface area contributed by atoms with E-state index in [2.05, 4.69) is 27.9 Å². The molecule has 0 unspecified atom stereocenters. The van der Waals surface area contributed by atoms with Crippen LogP contribution in [0.25, 0.3) is 0 Å². The highest BCUT2D eigenvalue weighted by Gasteiger charge is 2.44. The van der Waals surface area contributed by atoms with Crippen molar-refractivity contribution >= 4 is 45.8 Å². The predicted molar refractivity (Wildman–Crippen MR) is 70.1 cm³/mol. The third-order valence-electron chi connectivity index (χ3n) is 2.72. The molecule has 4 heteroatoms. The Bertz CT molecular complexity index is 415. The minimum Gasteiger partial charge on any atom is -0.325 e. The highest BCUT2D eigenvalue weighted by atomic mass is 127. The Labute approximate surface area is 108 Å². The molecule has 0 spiro atoms. The number of hydrogen-bond donors (Lipinski definition) is 1. The van der Waals surface area contributed by atoms with Crippen LogP contribution in [0.1, 0.15) is 19.8 Å². The predicted octanol–water partition coefficient (Wildman–Crippen LogP) is 3.68. The molecule has 80 valence electrons. The summed E-state index contributed by atoms with van der Waals surface area (Å²) in [5.41, 5.74) is 0.659. The maximum absolute atomic E-state index is 11.8. The third kappa shape index (κ3) is 2.45. The van der Waals surface area contributed by atoms with Crippen LogP contribution in [-0.4, -0.2) is 5.91 Å². The second-order valence-corrected chi connectivity index (χ2v) is 5.74. The molecule has 1 aromatic rings. The smallest absolute Gasteiger partial charge is 0.230 e. The molecule has 2 nitrogen and oxygen atoms in total. The van der Waals surface area contributed by atoms with Crippen molar-refractivity contribution in [2.75, 3.05) is 5.32 Å². The minimum absolute atomic E-state index is 0.0997. The summed E-state index contributed by atoms with van der Waals surface area (Å²) in [5.74, 6) is 0.0997. The minimum atomic E-state index is -0.147. The van der Waals surface area contributed by atoms with Crippen molar-refractivity contribution in [2.45, 2.75) is 19.8 Å². The number of hydrogen-bond acceptors (Lipinski definition) is 1. The van der Waals surface area contributed by atoms with E-state index in [9.17, 15) is 4.79 Å². The number of anilines is 1. The largest absolute Gasteiger partial charge is 0.325 e. The first-order valence-electron chi connectivity index (χ1n) is 4.78. The summed E-state index contributed by atoms with van der Waals surface area (Å²) in [7, 11) is 0. The van der Waals surface area contributed by atoms with Gasteiger partial charge in [-0.15, -0.1) is 0 Å². The van der Waals surface area contributed by atoms with Crippen LogP contribution in [0.4, 0.5) is 5.69 Å². The topological polar surface area (TPSA) is 29.1 Å². The van der Waals surface area contributed by atoms with Crippen molar-refractivity contribution in [3.8, 4) is 0 Å². The molecular formula is C11H11ClINO. The Morgan fingerprint density at radius 2 is 2.20 bits per heavy atom. The first kappa shape index (κ1) is 11.2. The molecule has 0 heterocycles. The average Bonchev–Trinajstić information content (AvgIpc) is 2.91. The van der Waals surface area contributed by atoms with Crippen LogP contribution < -0.4 is 5.32 Å². The van der Waals surface area contributed by atoms with Gasteiger partial charge in [0.05, 0.1) is 5.69 Å². The molecule has 1 aliphatic rings. The van der Waals surface area contributed by atoms with Crippen molar-refractivity contribution in [1.29, 1.82) is 0 Å². The van der Waals surface area contributed by atoms with Gasteiger partial charge in [-0.05, 0) is 53.6 Å². The summed E-state index contributed by atoms with van der Waals surface area (Å²) in [6.07, 6.45) is 1.96. The number of halogens is 2. The van der Waals surface area contributed by atoms with Gasteiger partial charge < -0.3 is 5.32 Å². The van der Waals surface area contributed by atoms with Crippen LogP contribution in [0.5, 0.6) is 0 Å². The van der Waals surface area contributed by atoms with Gasteiger partial charge in [-0.1, -0.05) is 18.5 Å². The van der Waals surface area contributed by atoms with E-state index in [0.717, 1.165) is 22.1 Å². The fourth-order valence-electron chi connectivity index (χ4n) is 1.28. The molecule has 2 rings (SSSR count). The van der Waals surface area contributed by atoms with Gasteiger partial charge in [-0.3, -0.25) is 4.79 Å². The first-order valence-corrected chi connectivity index (χ1v) is 6.23. The maximum atomic E-state index is 11.8. The van der Waals surface area contributed by atoms with E-state index in [0.29, 0.717) is 5.02 Å². The second-order valence-electron chi connectivity index (χ2n) is 4.14. The third-order valence-corrected chi connectivity index (χ3v) is 3.90. The van der Waals surface area contributed by atoms with Crippen LogP contribution in [0.2, 0.25) is 5.02 Å². The number of nitrogens with one attached hydrogen (secondary N) is 1. The molecule has 0 radical (unpaired) electrons. The number of carbonyl (C=O) groups excluding carboxylic acids is 1. The van der Waals surface area contributed by atoms with Gasteiger partial charge in [0.25, 0.3) is 0 Å². The fraction of sp³-hybridized carbons (Fsp3) is 0.364. The molecule has 1 aliphatic carbocycles. The standard InChI is InChI=1S/C11H11ClINO/c1-11(4-5-11)10(15)14-9-6-7(12)2-3-8(9)13/h2-3,6H,4-5H2,1H3,(H,14,15). The van der Waals surface area contributed by atoms with Crippen molar-refractivity contribution < 1.29 is 4.79 Å². The Hall–Kier alpha value is -0.290.